The van der Waals surface area contributed by atoms with Crippen LogP contribution in [0.5, 0.6) is 0 Å². The van der Waals surface area contributed by atoms with Crippen molar-refractivity contribution in [2.24, 2.45) is 51.2 Å². The maximum absolute atomic E-state index is 10.8. The van der Waals surface area contributed by atoms with Gasteiger partial charge in [0.25, 0.3) is 0 Å². The van der Waals surface area contributed by atoms with Crippen molar-refractivity contribution in [3.8, 4) is 0 Å². The van der Waals surface area contributed by atoms with E-state index in [0.29, 0.717) is 28.1 Å². The highest BCUT2D eigenvalue weighted by Gasteiger charge is 2.67. The van der Waals surface area contributed by atoms with Gasteiger partial charge in [0.1, 0.15) is 0 Å². The van der Waals surface area contributed by atoms with Crippen LogP contribution in [0.15, 0.2) is 12.2 Å². The van der Waals surface area contributed by atoms with Crippen molar-refractivity contribution in [1.29, 1.82) is 0 Å². The fourth-order valence-electron chi connectivity index (χ4n) is 10.3. The van der Waals surface area contributed by atoms with E-state index in [2.05, 4.69) is 48.1 Å². The SMILES string of the molecule is C=C(C)[C@H](O)CC[C@H](C)[C@@H]1CC[C@]2(C)[C@H]3CC[C@H]4C(C)(C)[C@@H](O)CC[C@]4(C)[C@@H]3CC[C@]12C. The number of fused-ring (bicyclic) bond motifs is 5. The normalized spacial score (nSPS) is 49.5. The molecule has 0 aromatic rings. The summed E-state index contributed by atoms with van der Waals surface area (Å²) in [5.74, 6) is 3.77. The third kappa shape index (κ3) is 3.40. The lowest BCUT2D eigenvalue weighted by Crippen LogP contribution is -2.61. The molecule has 0 spiro atoms. The molecule has 2 heteroatoms. The Bertz CT molecular complexity index is 726. The molecule has 2 N–H and O–H groups in total. The molecule has 4 rings (SSSR count). The standard InChI is InChI=1S/C30H52O2/c1-19(2)24(31)11-9-20(3)21-13-17-30(8)23-10-12-25-27(4,5)26(32)15-16-28(25,6)22(23)14-18-29(21,30)7/h20-26,31-32H,1,9-18H2,2-8H3/t20-,21-,22+,23-,24+,25-,26-,28+,29+,30+/m0/s1. The summed E-state index contributed by atoms with van der Waals surface area (Å²) in [5, 5.41) is 21.1. The summed E-state index contributed by atoms with van der Waals surface area (Å²) in [5.41, 5.74) is 2.22. The second-order valence-corrected chi connectivity index (χ2v) is 14.2. The number of aliphatic hydroxyl groups is 2. The summed E-state index contributed by atoms with van der Waals surface area (Å²) in [6, 6.07) is 0. The average molecular weight is 445 g/mol. The van der Waals surface area contributed by atoms with Crippen molar-refractivity contribution in [2.75, 3.05) is 0 Å². The van der Waals surface area contributed by atoms with Gasteiger partial charge in [-0.25, -0.2) is 0 Å². The summed E-state index contributed by atoms with van der Waals surface area (Å²) in [6.45, 7) is 21.0. The molecule has 0 aliphatic heterocycles. The zero-order valence-corrected chi connectivity index (χ0v) is 22.2. The molecule has 10 atom stereocenters. The van der Waals surface area contributed by atoms with Crippen molar-refractivity contribution in [3.05, 3.63) is 12.2 Å². The topological polar surface area (TPSA) is 40.5 Å². The summed E-state index contributed by atoms with van der Waals surface area (Å²) in [7, 11) is 0. The Hall–Kier alpha value is -0.340. The van der Waals surface area contributed by atoms with Crippen molar-refractivity contribution >= 4 is 0 Å². The van der Waals surface area contributed by atoms with Crippen molar-refractivity contribution in [3.63, 3.8) is 0 Å². The van der Waals surface area contributed by atoms with Gasteiger partial charge >= 0.3 is 0 Å². The Morgan fingerprint density at radius 2 is 1.53 bits per heavy atom. The monoisotopic (exact) mass is 444 g/mol. The van der Waals surface area contributed by atoms with Crippen LogP contribution in [0.4, 0.5) is 0 Å². The van der Waals surface area contributed by atoms with E-state index in [1.165, 1.54) is 44.9 Å². The third-order valence-corrected chi connectivity index (χ3v) is 12.7. The number of rotatable bonds is 5. The third-order valence-electron chi connectivity index (χ3n) is 12.7. The zero-order chi connectivity index (χ0) is 23.7. The number of aliphatic hydroxyl groups excluding tert-OH is 2. The van der Waals surface area contributed by atoms with Crippen LogP contribution in [-0.4, -0.2) is 22.4 Å². The molecule has 4 fully saturated rings. The van der Waals surface area contributed by atoms with E-state index < -0.39 is 0 Å². The fourth-order valence-corrected chi connectivity index (χ4v) is 10.3. The van der Waals surface area contributed by atoms with E-state index in [9.17, 15) is 10.2 Å². The molecule has 0 unspecified atom stereocenters. The first-order valence-electron chi connectivity index (χ1n) is 13.8. The second-order valence-electron chi connectivity index (χ2n) is 14.2. The largest absolute Gasteiger partial charge is 0.393 e. The lowest BCUT2D eigenvalue weighted by Gasteiger charge is -2.67. The van der Waals surface area contributed by atoms with Crippen molar-refractivity contribution in [2.45, 2.75) is 125 Å². The average Bonchev–Trinajstić information content (AvgIpc) is 3.00. The molecule has 0 amide bonds. The molecule has 0 bridgehead atoms. The molecule has 0 aromatic carbocycles. The minimum absolute atomic E-state index is 0.0521. The summed E-state index contributed by atoms with van der Waals surface area (Å²) < 4.78 is 0. The maximum Gasteiger partial charge on any atom is 0.0744 e. The van der Waals surface area contributed by atoms with Gasteiger partial charge in [-0.05, 0) is 122 Å². The predicted octanol–water partition coefficient (Wildman–Crippen LogP) is 7.39. The lowest BCUT2D eigenvalue weighted by atomic mass is 9.38. The lowest BCUT2D eigenvalue weighted by molar-refractivity contribution is -0.200. The van der Waals surface area contributed by atoms with Gasteiger partial charge in [0.15, 0.2) is 0 Å². The molecular weight excluding hydrogens is 392 g/mol. The van der Waals surface area contributed by atoms with Gasteiger partial charge < -0.3 is 10.2 Å². The quantitative estimate of drug-likeness (QED) is 0.434. The van der Waals surface area contributed by atoms with Crippen LogP contribution in [0.25, 0.3) is 0 Å². The first-order chi connectivity index (χ1) is 14.8. The Morgan fingerprint density at radius 1 is 0.875 bits per heavy atom. The summed E-state index contributed by atoms with van der Waals surface area (Å²) >= 11 is 0. The van der Waals surface area contributed by atoms with Gasteiger partial charge in [-0.3, -0.25) is 0 Å². The van der Waals surface area contributed by atoms with Crippen molar-refractivity contribution < 1.29 is 10.2 Å². The molecule has 0 aromatic heterocycles. The minimum Gasteiger partial charge on any atom is -0.393 e. The van der Waals surface area contributed by atoms with Gasteiger partial charge in [-0.2, -0.15) is 0 Å². The molecule has 184 valence electrons. The molecule has 4 aliphatic rings. The molecule has 0 saturated heterocycles. The van der Waals surface area contributed by atoms with E-state index in [1.807, 2.05) is 6.92 Å². The van der Waals surface area contributed by atoms with Gasteiger partial charge in [0, 0.05) is 0 Å². The Balaban J connectivity index is 1.56. The van der Waals surface area contributed by atoms with Crippen LogP contribution in [-0.2, 0) is 0 Å². The zero-order valence-electron chi connectivity index (χ0n) is 22.2. The van der Waals surface area contributed by atoms with Gasteiger partial charge in [-0.1, -0.05) is 53.7 Å². The molecule has 2 nitrogen and oxygen atoms in total. The van der Waals surface area contributed by atoms with E-state index in [4.69, 9.17) is 0 Å². The van der Waals surface area contributed by atoms with Crippen LogP contribution in [0.2, 0.25) is 0 Å². The molecule has 4 aliphatic carbocycles. The maximum atomic E-state index is 10.8. The first-order valence-corrected chi connectivity index (χ1v) is 13.8. The Morgan fingerprint density at radius 3 is 2.19 bits per heavy atom. The Kier molecular flexibility index (Phi) is 6.28. The van der Waals surface area contributed by atoms with Crippen molar-refractivity contribution in [1.82, 2.24) is 0 Å². The highest BCUT2D eigenvalue weighted by atomic mass is 16.3. The number of hydrogen-bond acceptors (Lipinski definition) is 2. The molecule has 4 saturated carbocycles. The highest BCUT2D eigenvalue weighted by molar-refractivity contribution is 5.16. The van der Waals surface area contributed by atoms with E-state index >= 15 is 0 Å². The minimum atomic E-state index is -0.339. The fraction of sp³-hybridized carbons (Fsp3) is 0.933. The van der Waals surface area contributed by atoms with E-state index in [-0.39, 0.29) is 17.6 Å². The molecular formula is C30H52O2. The van der Waals surface area contributed by atoms with E-state index in [0.717, 1.165) is 42.6 Å². The predicted molar refractivity (Wildman–Crippen MR) is 134 cm³/mol. The van der Waals surface area contributed by atoms with E-state index in [1.54, 1.807) is 0 Å². The Labute approximate surface area is 198 Å². The number of hydrogen-bond donors (Lipinski definition) is 2. The summed E-state index contributed by atoms with van der Waals surface area (Å²) in [6.07, 6.45) is 11.9. The van der Waals surface area contributed by atoms with Gasteiger partial charge in [0.05, 0.1) is 12.2 Å². The second kappa shape index (κ2) is 8.11. The van der Waals surface area contributed by atoms with Crippen LogP contribution < -0.4 is 0 Å². The highest BCUT2D eigenvalue weighted by Crippen LogP contribution is 2.74. The first kappa shape index (κ1) is 24.8. The molecule has 32 heavy (non-hydrogen) atoms. The van der Waals surface area contributed by atoms with Gasteiger partial charge in [0.2, 0.25) is 0 Å². The van der Waals surface area contributed by atoms with Gasteiger partial charge in [-0.15, -0.1) is 0 Å². The molecule has 0 heterocycles. The smallest absolute Gasteiger partial charge is 0.0744 e. The van der Waals surface area contributed by atoms with Crippen LogP contribution in [0, 0.1) is 51.2 Å². The summed E-state index contributed by atoms with van der Waals surface area (Å²) in [4.78, 5) is 0. The molecule has 0 radical (unpaired) electrons. The van der Waals surface area contributed by atoms with Crippen LogP contribution in [0.1, 0.15) is 113 Å². The van der Waals surface area contributed by atoms with Crippen LogP contribution in [0.3, 0.4) is 0 Å². The van der Waals surface area contributed by atoms with Crippen LogP contribution >= 0.6 is 0 Å².